The molecule has 0 aliphatic heterocycles. The van der Waals surface area contributed by atoms with E-state index in [4.69, 9.17) is 5.11 Å². The third-order valence-electron chi connectivity index (χ3n) is 2.60. The number of hydrogen-bond donors (Lipinski definition) is 2. The number of nitrogens with one attached hydrogen (secondary N) is 1. The number of aromatic amines is 1. The molecule has 1 heterocycles. The highest BCUT2D eigenvalue weighted by Crippen LogP contribution is 2.20. The Balaban J connectivity index is 2.33. The van der Waals surface area contributed by atoms with E-state index >= 15 is 0 Å². The Hall–Kier alpha value is -1.33. The summed E-state index contributed by atoms with van der Waals surface area (Å²) >= 11 is 3.39. The number of likely N-dealkylation sites (N-methyl/N-ethyl adjacent to an activating group) is 1. The lowest BCUT2D eigenvalue weighted by Gasteiger charge is -2.13. The average molecular weight is 297 g/mol. The van der Waals surface area contributed by atoms with Crippen LogP contribution in [0.1, 0.15) is 10.5 Å². The second kappa shape index (κ2) is 4.89. The molecule has 0 radical (unpaired) electrons. The molecule has 0 spiro atoms. The molecule has 0 saturated heterocycles. The van der Waals surface area contributed by atoms with Crippen molar-refractivity contribution >= 4 is 32.7 Å². The molecular weight excluding hydrogens is 284 g/mol. The molecule has 1 amide bonds. The highest BCUT2D eigenvalue weighted by Gasteiger charge is 2.13. The molecule has 17 heavy (non-hydrogen) atoms. The van der Waals surface area contributed by atoms with E-state index in [2.05, 4.69) is 20.9 Å². The zero-order chi connectivity index (χ0) is 12.4. The lowest BCUT2D eigenvalue weighted by molar-refractivity contribution is 0.0762. The zero-order valence-corrected chi connectivity index (χ0v) is 11.0. The summed E-state index contributed by atoms with van der Waals surface area (Å²) in [5.74, 6) is -0.119. The molecule has 2 rings (SSSR count). The summed E-state index contributed by atoms with van der Waals surface area (Å²) in [7, 11) is 1.67. The van der Waals surface area contributed by atoms with Gasteiger partial charge in [-0.3, -0.25) is 4.79 Å². The van der Waals surface area contributed by atoms with Crippen LogP contribution in [0.4, 0.5) is 0 Å². The number of benzene rings is 1. The minimum absolute atomic E-state index is 0.0337. The second-order valence-corrected chi connectivity index (χ2v) is 4.78. The van der Waals surface area contributed by atoms with Crippen LogP contribution in [0.5, 0.6) is 0 Å². The quantitative estimate of drug-likeness (QED) is 0.910. The first-order valence-corrected chi connectivity index (χ1v) is 6.05. The fourth-order valence-electron chi connectivity index (χ4n) is 1.68. The van der Waals surface area contributed by atoms with Crippen LogP contribution in [-0.4, -0.2) is 41.1 Å². The van der Waals surface area contributed by atoms with Gasteiger partial charge >= 0.3 is 0 Å². The van der Waals surface area contributed by atoms with Crippen LogP contribution in [0, 0.1) is 0 Å². The number of fused-ring (bicyclic) bond motifs is 1. The molecule has 2 aromatic rings. The van der Waals surface area contributed by atoms with Crippen LogP contribution in [0.25, 0.3) is 10.9 Å². The molecule has 0 bridgehead atoms. The van der Waals surface area contributed by atoms with Gasteiger partial charge in [-0.2, -0.15) is 0 Å². The number of aliphatic hydroxyl groups excluding tert-OH is 1. The van der Waals surface area contributed by atoms with Crippen molar-refractivity contribution in [2.24, 2.45) is 0 Å². The Bertz CT molecular complexity index is 550. The van der Waals surface area contributed by atoms with Crippen LogP contribution < -0.4 is 0 Å². The van der Waals surface area contributed by atoms with Crippen molar-refractivity contribution in [1.29, 1.82) is 0 Å². The van der Waals surface area contributed by atoms with Crippen molar-refractivity contribution in [2.75, 3.05) is 20.2 Å². The summed E-state index contributed by atoms with van der Waals surface area (Å²) in [5, 5.41) is 9.78. The monoisotopic (exact) mass is 296 g/mol. The molecule has 90 valence electrons. The van der Waals surface area contributed by atoms with Gasteiger partial charge in [-0.1, -0.05) is 15.9 Å². The number of H-pyrrole nitrogens is 1. The molecule has 0 aliphatic carbocycles. The summed E-state index contributed by atoms with van der Waals surface area (Å²) in [6.07, 6.45) is 0. The molecule has 0 atom stereocenters. The standard InChI is InChI=1S/C12H13BrN2O2/c1-15(4-5-16)12(17)11-7-8-6-9(13)2-3-10(8)14-11/h2-3,6-7,14,16H,4-5H2,1H3. The molecule has 5 heteroatoms. The highest BCUT2D eigenvalue weighted by atomic mass is 79.9. The Morgan fingerprint density at radius 2 is 2.24 bits per heavy atom. The summed E-state index contributed by atoms with van der Waals surface area (Å²) in [6.45, 7) is 0.298. The Kier molecular flexibility index (Phi) is 3.49. The van der Waals surface area contributed by atoms with E-state index in [1.807, 2.05) is 24.3 Å². The summed E-state index contributed by atoms with van der Waals surface area (Å²) in [5.41, 5.74) is 1.46. The van der Waals surface area contributed by atoms with Gasteiger partial charge in [0, 0.05) is 29.0 Å². The number of halogens is 1. The third-order valence-corrected chi connectivity index (χ3v) is 3.09. The first kappa shape index (κ1) is 12.1. The Morgan fingerprint density at radius 3 is 2.94 bits per heavy atom. The van der Waals surface area contributed by atoms with Gasteiger partial charge in [0.05, 0.1) is 6.61 Å². The lowest BCUT2D eigenvalue weighted by Crippen LogP contribution is -2.29. The van der Waals surface area contributed by atoms with E-state index < -0.39 is 0 Å². The smallest absolute Gasteiger partial charge is 0.270 e. The third kappa shape index (κ3) is 2.50. The van der Waals surface area contributed by atoms with E-state index in [1.165, 1.54) is 4.90 Å². The molecule has 4 nitrogen and oxygen atoms in total. The molecule has 0 aliphatic rings. The van der Waals surface area contributed by atoms with Crippen LogP contribution in [0.2, 0.25) is 0 Å². The molecular formula is C12H13BrN2O2. The Morgan fingerprint density at radius 1 is 1.47 bits per heavy atom. The first-order valence-electron chi connectivity index (χ1n) is 5.26. The van der Waals surface area contributed by atoms with Crippen molar-refractivity contribution in [1.82, 2.24) is 9.88 Å². The largest absolute Gasteiger partial charge is 0.395 e. The van der Waals surface area contributed by atoms with Crippen LogP contribution in [0.15, 0.2) is 28.7 Å². The van der Waals surface area contributed by atoms with Crippen molar-refractivity contribution in [3.63, 3.8) is 0 Å². The minimum atomic E-state index is -0.119. The van der Waals surface area contributed by atoms with Crippen LogP contribution in [-0.2, 0) is 0 Å². The maximum atomic E-state index is 12.0. The fourth-order valence-corrected chi connectivity index (χ4v) is 2.05. The zero-order valence-electron chi connectivity index (χ0n) is 9.40. The van der Waals surface area contributed by atoms with E-state index in [-0.39, 0.29) is 12.5 Å². The van der Waals surface area contributed by atoms with Gasteiger partial charge in [-0.25, -0.2) is 0 Å². The number of amides is 1. The summed E-state index contributed by atoms with van der Waals surface area (Å²) in [6, 6.07) is 7.61. The summed E-state index contributed by atoms with van der Waals surface area (Å²) < 4.78 is 0.978. The lowest BCUT2D eigenvalue weighted by atomic mass is 10.2. The number of aromatic nitrogens is 1. The number of carbonyl (C=O) groups is 1. The van der Waals surface area contributed by atoms with Gasteiger partial charge in [0.15, 0.2) is 0 Å². The van der Waals surface area contributed by atoms with Crippen LogP contribution in [0.3, 0.4) is 0 Å². The van der Waals surface area contributed by atoms with E-state index in [9.17, 15) is 4.79 Å². The second-order valence-electron chi connectivity index (χ2n) is 3.86. The molecule has 0 fully saturated rings. The number of hydrogen-bond acceptors (Lipinski definition) is 2. The van der Waals surface area contributed by atoms with Crippen LogP contribution >= 0.6 is 15.9 Å². The van der Waals surface area contributed by atoms with Gasteiger partial charge in [0.1, 0.15) is 5.69 Å². The summed E-state index contributed by atoms with van der Waals surface area (Å²) in [4.78, 5) is 16.5. The average Bonchev–Trinajstić information content (AvgIpc) is 2.71. The normalized spacial score (nSPS) is 10.8. The van der Waals surface area contributed by atoms with Gasteiger partial charge in [0.25, 0.3) is 5.91 Å². The minimum Gasteiger partial charge on any atom is -0.395 e. The molecule has 1 aromatic carbocycles. The van der Waals surface area contributed by atoms with E-state index in [0.717, 1.165) is 15.4 Å². The molecule has 2 N–H and O–H groups in total. The molecule has 0 saturated carbocycles. The topological polar surface area (TPSA) is 56.3 Å². The molecule has 1 aromatic heterocycles. The maximum Gasteiger partial charge on any atom is 0.270 e. The number of aliphatic hydroxyl groups is 1. The maximum absolute atomic E-state index is 12.0. The van der Waals surface area contributed by atoms with Crippen molar-refractivity contribution in [3.05, 3.63) is 34.4 Å². The van der Waals surface area contributed by atoms with Gasteiger partial charge in [-0.15, -0.1) is 0 Å². The predicted molar refractivity (Wildman–Crippen MR) is 70.0 cm³/mol. The number of carbonyl (C=O) groups excluding carboxylic acids is 1. The number of rotatable bonds is 3. The fraction of sp³-hybridized carbons (Fsp3) is 0.250. The SMILES string of the molecule is CN(CCO)C(=O)c1cc2cc(Br)ccc2[nH]1. The predicted octanol–water partition coefficient (Wildman–Crippen LogP) is 1.99. The van der Waals surface area contributed by atoms with Crippen molar-refractivity contribution in [3.8, 4) is 0 Å². The molecule has 0 unspecified atom stereocenters. The van der Waals surface area contributed by atoms with Crippen molar-refractivity contribution in [2.45, 2.75) is 0 Å². The Labute approximate surface area is 107 Å². The van der Waals surface area contributed by atoms with Gasteiger partial charge in [0.2, 0.25) is 0 Å². The van der Waals surface area contributed by atoms with Crippen molar-refractivity contribution < 1.29 is 9.90 Å². The van der Waals surface area contributed by atoms with E-state index in [1.54, 1.807) is 7.05 Å². The van der Waals surface area contributed by atoms with E-state index in [0.29, 0.717) is 12.2 Å². The first-order chi connectivity index (χ1) is 8.11. The van der Waals surface area contributed by atoms with Gasteiger partial charge < -0.3 is 15.0 Å². The van der Waals surface area contributed by atoms with Gasteiger partial charge in [-0.05, 0) is 24.3 Å². The number of nitrogens with zero attached hydrogens (tertiary/aromatic N) is 1. The highest BCUT2D eigenvalue weighted by molar-refractivity contribution is 9.10.